The fourth-order valence-corrected chi connectivity index (χ4v) is 2.53. The third-order valence-electron chi connectivity index (χ3n) is 3.58. The summed E-state index contributed by atoms with van der Waals surface area (Å²) in [7, 11) is 0. The summed E-state index contributed by atoms with van der Waals surface area (Å²) in [5.74, 6) is 0.773. The Morgan fingerprint density at radius 1 is 1.35 bits per heavy atom. The van der Waals surface area contributed by atoms with Gasteiger partial charge in [-0.25, -0.2) is 4.52 Å². The van der Waals surface area contributed by atoms with Crippen LogP contribution in [0.4, 0.5) is 0 Å². The van der Waals surface area contributed by atoms with E-state index in [1.54, 1.807) is 10.7 Å². The molecule has 6 heteroatoms. The zero-order valence-electron chi connectivity index (χ0n) is 11.6. The zero-order chi connectivity index (χ0) is 14.4. The lowest BCUT2D eigenvalue weighted by Crippen LogP contribution is -2.11. The van der Waals surface area contributed by atoms with Crippen LogP contribution in [0.3, 0.4) is 0 Å². The van der Waals surface area contributed by atoms with Gasteiger partial charge in [-0.2, -0.15) is 5.10 Å². The number of aliphatic hydroxyl groups excluding tert-OH is 1. The van der Waals surface area contributed by atoms with Gasteiger partial charge >= 0.3 is 0 Å². The van der Waals surface area contributed by atoms with Crippen molar-refractivity contribution in [1.82, 2.24) is 14.8 Å². The second-order valence-electron chi connectivity index (χ2n) is 4.93. The average molecular weight is 272 g/mol. The van der Waals surface area contributed by atoms with E-state index in [1.165, 1.54) is 0 Å². The number of aliphatic hydroxyl groups is 1. The molecule has 3 aromatic rings. The minimum absolute atomic E-state index is 0.626. The molecule has 0 radical (unpaired) electrons. The molecule has 3 N–H and O–H groups in total. The van der Waals surface area contributed by atoms with Crippen molar-refractivity contribution in [1.29, 1.82) is 0 Å². The fourth-order valence-electron chi connectivity index (χ4n) is 2.53. The predicted octanol–water partition coefficient (Wildman–Crippen LogP) is 1.86. The minimum atomic E-state index is -1.02. The van der Waals surface area contributed by atoms with E-state index in [-0.39, 0.29) is 0 Å². The van der Waals surface area contributed by atoms with Crippen LogP contribution in [0.25, 0.3) is 16.6 Å². The number of hydrogen-bond acceptors (Lipinski definition) is 5. The molecule has 0 aromatic carbocycles. The third-order valence-corrected chi connectivity index (χ3v) is 3.58. The van der Waals surface area contributed by atoms with E-state index in [0.717, 1.165) is 33.7 Å². The van der Waals surface area contributed by atoms with E-state index < -0.39 is 6.23 Å². The molecule has 1 unspecified atom stereocenters. The van der Waals surface area contributed by atoms with Crippen molar-refractivity contribution in [3.63, 3.8) is 0 Å². The van der Waals surface area contributed by atoms with Crippen molar-refractivity contribution in [2.45, 2.75) is 27.0 Å². The van der Waals surface area contributed by atoms with Gasteiger partial charge in [0.2, 0.25) is 0 Å². The van der Waals surface area contributed by atoms with Crippen molar-refractivity contribution in [2.75, 3.05) is 0 Å². The first kappa shape index (κ1) is 12.8. The van der Waals surface area contributed by atoms with Crippen LogP contribution in [0.5, 0.6) is 0 Å². The van der Waals surface area contributed by atoms with Crippen LogP contribution in [0.15, 0.2) is 23.0 Å². The SMILES string of the molecule is Cc1noc(C)c1-c1cc2c(C)c(C(N)O)cnn2c1. The molecule has 0 aliphatic heterocycles. The van der Waals surface area contributed by atoms with Crippen molar-refractivity contribution in [3.05, 3.63) is 41.0 Å². The zero-order valence-corrected chi connectivity index (χ0v) is 11.6. The molecular formula is C14H16N4O2. The number of aromatic nitrogens is 3. The number of rotatable bonds is 2. The van der Waals surface area contributed by atoms with Gasteiger partial charge in [-0.3, -0.25) is 0 Å². The molecule has 3 heterocycles. The second-order valence-corrected chi connectivity index (χ2v) is 4.93. The summed E-state index contributed by atoms with van der Waals surface area (Å²) in [6, 6.07) is 2.00. The topological polar surface area (TPSA) is 89.6 Å². The number of hydrogen-bond donors (Lipinski definition) is 2. The molecule has 3 rings (SSSR count). The molecule has 1 atom stereocenters. The summed E-state index contributed by atoms with van der Waals surface area (Å²) in [5.41, 5.74) is 10.8. The lowest BCUT2D eigenvalue weighted by Gasteiger charge is -2.08. The summed E-state index contributed by atoms with van der Waals surface area (Å²) in [6.07, 6.45) is 2.48. The standard InChI is InChI=1S/C14H16N4O2/c1-7-11(14(15)19)5-16-18-6-10(4-12(7)18)13-8(2)17-20-9(13)3/h4-6,14,19H,15H2,1-3H3. The van der Waals surface area contributed by atoms with Gasteiger partial charge in [-0.1, -0.05) is 5.16 Å². The van der Waals surface area contributed by atoms with Crippen molar-refractivity contribution in [3.8, 4) is 11.1 Å². The highest BCUT2D eigenvalue weighted by Gasteiger charge is 2.16. The fraction of sp³-hybridized carbons (Fsp3) is 0.286. The highest BCUT2D eigenvalue weighted by atomic mass is 16.5. The van der Waals surface area contributed by atoms with Crippen LogP contribution in [-0.4, -0.2) is 19.9 Å². The first-order valence-electron chi connectivity index (χ1n) is 6.34. The summed E-state index contributed by atoms with van der Waals surface area (Å²) < 4.78 is 6.96. The van der Waals surface area contributed by atoms with Gasteiger partial charge < -0.3 is 15.4 Å². The third kappa shape index (κ3) is 1.81. The molecular weight excluding hydrogens is 256 g/mol. The molecule has 0 amide bonds. The number of nitrogens with zero attached hydrogens (tertiary/aromatic N) is 3. The number of fused-ring (bicyclic) bond motifs is 1. The average Bonchev–Trinajstić information content (AvgIpc) is 2.93. The van der Waals surface area contributed by atoms with Crippen LogP contribution in [0.2, 0.25) is 0 Å². The molecule has 3 aromatic heterocycles. The maximum absolute atomic E-state index is 9.55. The monoisotopic (exact) mass is 272 g/mol. The summed E-state index contributed by atoms with van der Waals surface area (Å²) in [4.78, 5) is 0. The first-order chi connectivity index (χ1) is 9.49. The van der Waals surface area contributed by atoms with Gasteiger partial charge in [0, 0.05) is 22.9 Å². The van der Waals surface area contributed by atoms with Crippen molar-refractivity contribution < 1.29 is 9.63 Å². The quantitative estimate of drug-likeness (QED) is 0.695. The predicted molar refractivity (Wildman–Crippen MR) is 74.0 cm³/mol. The maximum Gasteiger partial charge on any atom is 0.141 e. The maximum atomic E-state index is 9.55. The van der Waals surface area contributed by atoms with Crippen molar-refractivity contribution in [2.24, 2.45) is 5.73 Å². The largest absolute Gasteiger partial charge is 0.374 e. The molecule has 0 bridgehead atoms. The number of aryl methyl sites for hydroxylation is 3. The minimum Gasteiger partial charge on any atom is -0.374 e. The van der Waals surface area contributed by atoms with Crippen LogP contribution < -0.4 is 5.73 Å². The Morgan fingerprint density at radius 2 is 2.10 bits per heavy atom. The summed E-state index contributed by atoms with van der Waals surface area (Å²) in [6.45, 7) is 5.70. The Morgan fingerprint density at radius 3 is 2.70 bits per heavy atom. The van der Waals surface area contributed by atoms with E-state index >= 15 is 0 Å². The van der Waals surface area contributed by atoms with Crippen molar-refractivity contribution >= 4 is 5.52 Å². The highest BCUT2D eigenvalue weighted by Crippen LogP contribution is 2.30. The Hall–Kier alpha value is -2.18. The Bertz CT molecular complexity index is 766. The Labute approximate surface area is 115 Å². The van der Waals surface area contributed by atoms with Crippen LogP contribution in [-0.2, 0) is 0 Å². The second kappa shape index (κ2) is 4.43. The highest BCUT2D eigenvalue weighted by molar-refractivity contribution is 5.74. The molecule has 20 heavy (non-hydrogen) atoms. The molecule has 6 nitrogen and oxygen atoms in total. The Kier molecular flexibility index (Phi) is 2.84. The van der Waals surface area contributed by atoms with Gasteiger partial charge in [0.1, 0.15) is 12.0 Å². The lowest BCUT2D eigenvalue weighted by molar-refractivity contribution is 0.185. The first-order valence-corrected chi connectivity index (χ1v) is 6.34. The summed E-state index contributed by atoms with van der Waals surface area (Å²) >= 11 is 0. The van der Waals surface area contributed by atoms with E-state index in [9.17, 15) is 5.11 Å². The van der Waals surface area contributed by atoms with E-state index in [2.05, 4.69) is 10.3 Å². The molecule has 0 saturated carbocycles. The van der Waals surface area contributed by atoms with Gasteiger partial charge in [0.25, 0.3) is 0 Å². The van der Waals surface area contributed by atoms with Crippen LogP contribution >= 0.6 is 0 Å². The molecule has 0 aliphatic carbocycles. The van der Waals surface area contributed by atoms with E-state index in [0.29, 0.717) is 5.56 Å². The van der Waals surface area contributed by atoms with Gasteiger partial charge in [-0.05, 0) is 32.4 Å². The van der Waals surface area contributed by atoms with E-state index in [1.807, 2.05) is 33.0 Å². The summed E-state index contributed by atoms with van der Waals surface area (Å²) in [5, 5.41) is 17.8. The molecule has 0 aliphatic rings. The van der Waals surface area contributed by atoms with E-state index in [4.69, 9.17) is 10.3 Å². The van der Waals surface area contributed by atoms with Gasteiger partial charge in [0.15, 0.2) is 0 Å². The molecule has 104 valence electrons. The van der Waals surface area contributed by atoms with Crippen LogP contribution in [0.1, 0.15) is 28.8 Å². The number of nitrogens with two attached hydrogens (primary N) is 1. The normalized spacial score (nSPS) is 13.1. The molecule has 0 saturated heterocycles. The van der Waals surface area contributed by atoms with Crippen LogP contribution in [0, 0.1) is 20.8 Å². The molecule has 0 fully saturated rings. The van der Waals surface area contributed by atoms with Gasteiger partial charge in [0.05, 0.1) is 17.4 Å². The lowest BCUT2D eigenvalue weighted by atomic mass is 10.1. The smallest absolute Gasteiger partial charge is 0.141 e. The van der Waals surface area contributed by atoms with Gasteiger partial charge in [-0.15, -0.1) is 0 Å². The Balaban J connectivity index is 2.24. The molecule has 0 spiro atoms.